The summed E-state index contributed by atoms with van der Waals surface area (Å²) < 4.78 is 1.53. The highest BCUT2D eigenvalue weighted by atomic mass is 35.5. The van der Waals surface area contributed by atoms with Gasteiger partial charge in [-0.05, 0) is 12.1 Å². The normalized spacial score (nSPS) is 10.6. The molecule has 82 valence electrons. The zero-order valence-corrected chi connectivity index (χ0v) is 9.16. The number of benzene rings is 1. The molecule has 0 fully saturated rings. The molecule has 0 spiro atoms. The van der Waals surface area contributed by atoms with Crippen LogP contribution in [0.15, 0.2) is 30.9 Å². The Kier molecular flexibility index (Phi) is 2.66. The first kappa shape index (κ1) is 10.7. The van der Waals surface area contributed by atoms with Crippen molar-refractivity contribution >= 4 is 28.2 Å². The molecule has 2 aromatic rings. The summed E-state index contributed by atoms with van der Waals surface area (Å²) in [4.78, 5) is 10.8. The summed E-state index contributed by atoms with van der Waals surface area (Å²) in [6, 6.07) is 5.15. The van der Waals surface area contributed by atoms with Crippen LogP contribution in [0, 0.1) is 4.91 Å². The molecule has 0 aliphatic heterocycles. The maximum absolute atomic E-state index is 10.8. The number of para-hydroxylation sites is 1. The van der Waals surface area contributed by atoms with Crippen LogP contribution in [0.1, 0.15) is 0 Å². The van der Waals surface area contributed by atoms with Crippen LogP contribution < -0.4 is 5.18 Å². The van der Waals surface area contributed by atoms with Gasteiger partial charge in [-0.1, -0.05) is 23.7 Å². The van der Waals surface area contributed by atoms with E-state index in [1.54, 1.807) is 29.5 Å². The van der Waals surface area contributed by atoms with Crippen molar-refractivity contribution in [1.82, 2.24) is 4.57 Å². The molecular formula is C11H10ClN2O2+. The molecule has 0 saturated carbocycles. The lowest BCUT2D eigenvalue weighted by Gasteiger charge is -2.02. The number of aromatic hydroxyl groups is 1. The van der Waals surface area contributed by atoms with Crippen LogP contribution >= 0.6 is 11.6 Å². The van der Waals surface area contributed by atoms with E-state index in [0.29, 0.717) is 22.5 Å². The van der Waals surface area contributed by atoms with Gasteiger partial charge in [0.1, 0.15) is 0 Å². The Bertz CT molecular complexity index is 575. The van der Waals surface area contributed by atoms with Crippen molar-refractivity contribution in [2.24, 2.45) is 0 Å². The third-order valence-corrected chi connectivity index (χ3v) is 2.72. The SMILES string of the molecule is C=CCn1c(O)c([NH+]=O)c2cccc(Cl)c21. The van der Waals surface area contributed by atoms with Crippen molar-refractivity contribution in [3.63, 3.8) is 0 Å². The number of nitrogens with zero attached hydrogens (tertiary/aromatic N) is 1. The number of aromatic nitrogens is 1. The Hall–Kier alpha value is -1.81. The molecule has 0 radical (unpaired) electrons. The zero-order valence-electron chi connectivity index (χ0n) is 8.40. The van der Waals surface area contributed by atoms with E-state index in [9.17, 15) is 10.0 Å². The van der Waals surface area contributed by atoms with Crippen LogP contribution in [0.5, 0.6) is 5.88 Å². The Morgan fingerprint density at radius 2 is 2.31 bits per heavy atom. The first-order chi connectivity index (χ1) is 7.70. The minimum absolute atomic E-state index is 0.127. The van der Waals surface area contributed by atoms with Gasteiger partial charge in [-0.25, -0.2) is 0 Å². The van der Waals surface area contributed by atoms with Crippen LogP contribution in [-0.4, -0.2) is 9.67 Å². The van der Waals surface area contributed by atoms with Gasteiger partial charge < -0.3 is 9.67 Å². The highest BCUT2D eigenvalue weighted by Gasteiger charge is 2.23. The number of hydrogen-bond acceptors (Lipinski definition) is 2. The Labute approximate surface area is 96.7 Å². The number of allylic oxidation sites excluding steroid dienone is 1. The number of halogens is 1. The molecule has 5 heteroatoms. The van der Waals surface area contributed by atoms with E-state index in [1.807, 2.05) is 0 Å². The molecule has 0 aliphatic rings. The number of nitrogens with one attached hydrogen (secondary N) is 1. The number of rotatable bonds is 3. The fourth-order valence-electron chi connectivity index (χ4n) is 1.76. The molecule has 0 amide bonds. The first-order valence-electron chi connectivity index (χ1n) is 4.69. The minimum atomic E-state index is -0.127. The van der Waals surface area contributed by atoms with E-state index < -0.39 is 0 Å². The van der Waals surface area contributed by atoms with Gasteiger partial charge in [-0.15, -0.1) is 6.58 Å². The van der Waals surface area contributed by atoms with Gasteiger partial charge in [0.2, 0.25) is 0 Å². The molecular weight excluding hydrogens is 228 g/mol. The van der Waals surface area contributed by atoms with Crippen molar-refractivity contribution in [3.05, 3.63) is 40.8 Å². The van der Waals surface area contributed by atoms with Crippen molar-refractivity contribution in [2.75, 3.05) is 0 Å². The van der Waals surface area contributed by atoms with Gasteiger partial charge in [0.15, 0.2) is 0 Å². The van der Waals surface area contributed by atoms with Gasteiger partial charge in [0, 0.05) is 16.6 Å². The van der Waals surface area contributed by atoms with Crippen LogP contribution in [0.4, 0.5) is 5.69 Å². The first-order valence-corrected chi connectivity index (χ1v) is 5.07. The Morgan fingerprint density at radius 3 is 2.94 bits per heavy atom. The zero-order chi connectivity index (χ0) is 11.7. The maximum atomic E-state index is 10.8. The quantitative estimate of drug-likeness (QED) is 0.798. The molecule has 0 aliphatic carbocycles. The summed E-state index contributed by atoms with van der Waals surface area (Å²) in [7, 11) is 0. The summed E-state index contributed by atoms with van der Waals surface area (Å²) in [5.41, 5.74) is 0.763. The van der Waals surface area contributed by atoms with Crippen molar-refractivity contribution < 1.29 is 10.3 Å². The fraction of sp³-hybridized carbons (Fsp3) is 0.0909. The van der Waals surface area contributed by atoms with Gasteiger partial charge in [-0.3, -0.25) is 0 Å². The average Bonchev–Trinajstić information content (AvgIpc) is 2.54. The smallest absolute Gasteiger partial charge is 0.322 e. The molecule has 16 heavy (non-hydrogen) atoms. The molecule has 4 nitrogen and oxygen atoms in total. The maximum Gasteiger partial charge on any atom is 0.322 e. The second-order valence-electron chi connectivity index (χ2n) is 3.34. The predicted molar refractivity (Wildman–Crippen MR) is 62.8 cm³/mol. The summed E-state index contributed by atoms with van der Waals surface area (Å²) >= 11 is 6.04. The number of nitroso groups, excluding NO2 is 1. The number of hydrogen-bond donors (Lipinski definition) is 2. The molecule has 0 unspecified atom stereocenters. The van der Waals surface area contributed by atoms with E-state index in [-0.39, 0.29) is 11.6 Å². The molecule has 1 aromatic heterocycles. The van der Waals surface area contributed by atoms with Gasteiger partial charge in [0.05, 0.1) is 15.9 Å². The highest BCUT2D eigenvalue weighted by molar-refractivity contribution is 6.35. The monoisotopic (exact) mass is 237 g/mol. The van der Waals surface area contributed by atoms with Crippen LogP contribution in [-0.2, 0) is 6.54 Å². The van der Waals surface area contributed by atoms with Gasteiger partial charge in [0.25, 0.3) is 5.88 Å². The lowest BCUT2D eigenvalue weighted by atomic mass is 10.2. The molecule has 0 bridgehead atoms. The third kappa shape index (κ3) is 1.39. The summed E-state index contributed by atoms with van der Waals surface area (Å²) in [6.45, 7) is 3.98. The lowest BCUT2D eigenvalue weighted by Crippen LogP contribution is -2.55. The third-order valence-electron chi connectivity index (χ3n) is 2.42. The second kappa shape index (κ2) is 3.98. The highest BCUT2D eigenvalue weighted by Crippen LogP contribution is 2.36. The molecule has 2 rings (SSSR count). The van der Waals surface area contributed by atoms with E-state index in [4.69, 9.17) is 11.6 Å². The average molecular weight is 238 g/mol. The van der Waals surface area contributed by atoms with Gasteiger partial charge >= 0.3 is 5.69 Å². The van der Waals surface area contributed by atoms with E-state index in [0.717, 1.165) is 0 Å². The van der Waals surface area contributed by atoms with Crippen LogP contribution in [0.2, 0.25) is 5.02 Å². The Balaban J connectivity index is 2.91. The fourth-order valence-corrected chi connectivity index (χ4v) is 2.04. The molecule has 1 aromatic carbocycles. The minimum Gasteiger partial charge on any atom is -0.490 e. The van der Waals surface area contributed by atoms with E-state index in [1.165, 1.54) is 4.57 Å². The number of fused-ring (bicyclic) bond motifs is 1. The van der Waals surface area contributed by atoms with E-state index >= 15 is 0 Å². The van der Waals surface area contributed by atoms with Gasteiger partial charge in [-0.2, -0.15) is 0 Å². The largest absolute Gasteiger partial charge is 0.490 e. The van der Waals surface area contributed by atoms with Crippen molar-refractivity contribution in [2.45, 2.75) is 6.54 Å². The van der Waals surface area contributed by atoms with Crippen molar-refractivity contribution in [3.8, 4) is 5.88 Å². The van der Waals surface area contributed by atoms with Crippen LogP contribution in [0.25, 0.3) is 10.9 Å². The van der Waals surface area contributed by atoms with Crippen molar-refractivity contribution in [1.29, 1.82) is 0 Å². The summed E-state index contributed by atoms with van der Waals surface area (Å²) in [5.74, 6) is -0.127. The Morgan fingerprint density at radius 1 is 1.56 bits per heavy atom. The lowest BCUT2D eigenvalue weighted by molar-refractivity contribution is -0.378. The molecule has 0 saturated heterocycles. The standard InChI is InChI=1S/C11H9ClN2O2/c1-2-6-14-10-7(4-3-5-8(10)12)9(13-16)11(14)15/h2-5,15H,1,6H2/p+1. The summed E-state index contributed by atoms with van der Waals surface area (Å²) in [5, 5.41) is 12.7. The molecule has 0 atom stereocenters. The summed E-state index contributed by atoms with van der Waals surface area (Å²) in [6.07, 6.45) is 1.62. The topological polar surface area (TPSA) is 56.2 Å². The second-order valence-corrected chi connectivity index (χ2v) is 3.74. The van der Waals surface area contributed by atoms with E-state index in [2.05, 4.69) is 6.58 Å². The molecule has 2 N–H and O–H groups in total. The molecule has 1 heterocycles. The van der Waals surface area contributed by atoms with Crippen LogP contribution in [0.3, 0.4) is 0 Å². The predicted octanol–water partition coefficient (Wildman–Crippen LogP) is 1.66.